The lowest BCUT2D eigenvalue weighted by atomic mass is 9.99. The van der Waals surface area contributed by atoms with Gasteiger partial charge in [-0.15, -0.1) is 0 Å². The molecule has 1 atom stereocenters. The molecule has 2 aromatic heterocycles. The summed E-state index contributed by atoms with van der Waals surface area (Å²) in [5, 5.41) is 0. The highest BCUT2D eigenvalue weighted by Gasteiger charge is 2.33. The number of nitrogens with zero attached hydrogens (tertiary/aromatic N) is 2. The SMILES string of the molecule is CCOc1nc(C(CS(C)(=O)=O)n2c(=O)[nH]c3cc(-c4ccccc4C(F)(F)F)ccc32)ccc1OC. The van der Waals surface area contributed by atoms with E-state index in [2.05, 4.69) is 9.97 Å². The summed E-state index contributed by atoms with van der Waals surface area (Å²) in [6, 6.07) is 11.6. The van der Waals surface area contributed by atoms with E-state index in [-0.39, 0.29) is 34.8 Å². The van der Waals surface area contributed by atoms with Crippen molar-refractivity contribution < 1.29 is 31.1 Å². The summed E-state index contributed by atoms with van der Waals surface area (Å²) in [7, 11) is -2.17. The van der Waals surface area contributed by atoms with E-state index in [0.29, 0.717) is 11.3 Å². The molecule has 37 heavy (non-hydrogen) atoms. The van der Waals surface area contributed by atoms with Crippen LogP contribution in [0.15, 0.2) is 59.4 Å². The van der Waals surface area contributed by atoms with Crippen molar-refractivity contribution in [3.8, 4) is 22.8 Å². The Bertz CT molecular complexity index is 1610. The number of ether oxygens (including phenoxy) is 2. The largest absolute Gasteiger partial charge is 0.491 e. The maximum absolute atomic E-state index is 13.6. The lowest BCUT2D eigenvalue weighted by molar-refractivity contribution is -0.137. The van der Waals surface area contributed by atoms with Crippen molar-refractivity contribution in [2.24, 2.45) is 0 Å². The third kappa shape index (κ3) is 5.48. The molecule has 4 rings (SSSR count). The minimum atomic E-state index is -4.57. The number of aromatic amines is 1. The Morgan fingerprint density at radius 2 is 1.84 bits per heavy atom. The number of aromatic nitrogens is 3. The number of methoxy groups -OCH3 is 1. The summed E-state index contributed by atoms with van der Waals surface area (Å²) in [5.74, 6) is 0.0199. The van der Waals surface area contributed by atoms with E-state index in [0.717, 1.165) is 12.3 Å². The normalized spacial score (nSPS) is 13.0. The summed E-state index contributed by atoms with van der Waals surface area (Å²) in [5.41, 5.74) is -0.452. The third-order valence-electron chi connectivity index (χ3n) is 5.72. The van der Waals surface area contributed by atoms with Crippen molar-refractivity contribution in [1.29, 1.82) is 0 Å². The van der Waals surface area contributed by atoms with E-state index in [4.69, 9.17) is 9.47 Å². The standard InChI is InChI=1S/C25H24F3N3O5S/c1-4-36-23-22(35-2)12-10-18(29-23)21(14-37(3,33)34)31-20-11-9-15(13-19(20)30-24(31)32)16-7-5-6-8-17(16)25(26,27)28/h5-13,21H,4,14H2,1-3H3,(H,30,32). The molecule has 0 saturated heterocycles. The first-order valence-electron chi connectivity index (χ1n) is 11.2. The second-order valence-electron chi connectivity index (χ2n) is 8.36. The number of fused-ring (bicyclic) bond motifs is 1. The fourth-order valence-corrected chi connectivity index (χ4v) is 5.09. The van der Waals surface area contributed by atoms with E-state index >= 15 is 0 Å². The van der Waals surface area contributed by atoms with Gasteiger partial charge < -0.3 is 14.5 Å². The lowest BCUT2D eigenvalue weighted by Crippen LogP contribution is -2.29. The smallest absolute Gasteiger partial charge is 0.417 e. The van der Waals surface area contributed by atoms with Crippen molar-refractivity contribution in [3.63, 3.8) is 0 Å². The lowest BCUT2D eigenvalue weighted by Gasteiger charge is -2.19. The van der Waals surface area contributed by atoms with Crippen molar-refractivity contribution in [3.05, 3.63) is 76.3 Å². The van der Waals surface area contributed by atoms with Crippen LogP contribution in [0.4, 0.5) is 13.2 Å². The van der Waals surface area contributed by atoms with Gasteiger partial charge in [0.05, 0.1) is 47.8 Å². The third-order valence-corrected chi connectivity index (χ3v) is 6.64. The molecule has 0 radical (unpaired) electrons. The molecule has 4 aromatic rings. The molecule has 8 nitrogen and oxygen atoms in total. The Kier molecular flexibility index (Phi) is 7.05. The second kappa shape index (κ2) is 9.92. The number of imidazole rings is 1. The molecule has 0 spiro atoms. The number of hydrogen-bond acceptors (Lipinski definition) is 6. The molecule has 12 heteroatoms. The Hall–Kier alpha value is -3.80. The predicted octanol–water partition coefficient (Wildman–Crippen LogP) is 4.45. The molecule has 0 fully saturated rings. The summed E-state index contributed by atoms with van der Waals surface area (Å²) in [6.07, 6.45) is -3.52. The molecule has 0 saturated carbocycles. The molecule has 2 aromatic carbocycles. The summed E-state index contributed by atoms with van der Waals surface area (Å²) >= 11 is 0. The Balaban J connectivity index is 1.89. The number of H-pyrrole nitrogens is 1. The Labute approximate surface area is 210 Å². The maximum Gasteiger partial charge on any atom is 0.417 e. The molecule has 0 aliphatic carbocycles. The molecule has 196 valence electrons. The first-order valence-corrected chi connectivity index (χ1v) is 13.2. The summed E-state index contributed by atoms with van der Waals surface area (Å²) < 4.78 is 77.4. The van der Waals surface area contributed by atoms with E-state index in [1.54, 1.807) is 13.0 Å². The quantitative estimate of drug-likeness (QED) is 0.358. The first-order chi connectivity index (χ1) is 17.4. The van der Waals surface area contributed by atoms with E-state index in [1.807, 2.05) is 0 Å². The van der Waals surface area contributed by atoms with Gasteiger partial charge in [-0.05, 0) is 48.4 Å². The Morgan fingerprint density at radius 1 is 1.11 bits per heavy atom. The van der Waals surface area contributed by atoms with Gasteiger partial charge in [-0.25, -0.2) is 18.2 Å². The predicted molar refractivity (Wildman–Crippen MR) is 133 cm³/mol. The number of rotatable bonds is 8. The highest BCUT2D eigenvalue weighted by Crippen LogP contribution is 2.38. The van der Waals surface area contributed by atoms with Crippen LogP contribution < -0.4 is 15.2 Å². The number of pyridine rings is 1. The fourth-order valence-electron chi connectivity index (χ4n) is 4.19. The van der Waals surface area contributed by atoms with Crippen molar-refractivity contribution in [2.45, 2.75) is 19.1 Å². The highest BCUT2D eigenvalue weighted by atomic mass is 32.2. The molecule has 1 N–H and O–H groups in total. The second-order valence-corrected chi connectivity index (χ2v) is 10.5. The van der Waals surface area contributed by atoms with Crippen LogP contribution in [-0.4, -0.2) is 48.7 Å². The Morgan fingerprint density at radius 3 is 2.49 bits per heavy atom. The fraction of sp³-hybridized carbons (Fsp3) is 0.280. The number of benzene rings is 2. The van der Waals surface area contributed by atoms with Gasteiger partial charge in [0.15, 0.2) is 5.75 Å². The molecule has 0 bridgehead atoms. The topological polar surface area (TPSA) is 103 Å². The van der Waals surface area contributed by atoms with Crippen LogP contribution in [0.1, 0.15) is 24.2 Å². The molecular weight excluding hydrogens is 511 g/mol. The van der Waals surface area contributed by atoms with E-state index in [1.165, 1.54) is 54.1 Å². The van der Waals surface area contributed by atoms with Gasteiger partial charge in [0, 0.05) is 6.26 Å². The van der Waals surface area contributed by atoms with Gasteiger partial charge >= 0.3 is 11.9 Å². The molecule has 0 aliphatic heterocycles. The molecule has 1 unspecified atom stereocenters. The molecular formula is C25H24F3N3O5S. The monoisotopic (exact) mass is 535 g/mol. The molecule has 0 aliphatic rings. The minimum Gasteiger partial charge on any atom is -0.491 e. The van der Waals surface area contributed by atoms with Gasteiger partial charge in [0.1, 0.15) is 9.84 Å². The molecule has 0 amide bonds. The van der Waals surface area contributed by atoms with E-state index < -0.39 is 39.1 Å². The van der Waals surface area contributed by atoms with Crippen LogP contribution in [0.25, 0.3) is 22.2 Å². The zero-order valence-electron chi connectivity index (χ0n) is 20.2. The van der Waals surface area contributed by atoms with Crippen molar-refractivity contribution in [2.75, 3.05) is 25.7 Å². The van der Waals surface area contributed by atoms with E-state index in [9.17, 15) is 26.4 Å². The maximum atomic E-state index is 13.6. The molecule has 2 heterocycles. The summed E-state index contributed by atoms with van der Waals surface area (Å²) in [4.78, 5) is 20.2. The van der Waals surface area contributed by atoms with Crippen LogP contribution in [0.3, 0.4) is 0 Å². The number of nitrogens with one attached hydrogen (secondary N) is 1. The first kappa shape index (κ1) is 26.3. The highest BCUT2D eigenvalue weighted by molar-refractivity contribution is 7.90. The van der Waals surface area contributed by atoms with Crippen LogP contribution in [0.2, 0.25) is 0 Å². The zero-order valence-corrected chi connectivity index (χ0v) is 21.0. The van der Waals surface area contributed by atoms with Gasteiger partial charge in [0.2, 0.25) is 0 Å². The minimum absolute atomic E-state index is 0.0450. The van der Waals surface area contributed by atoms with Crippen molar-refractivity contribution >= 4 is 20.9 Å². The number of alkyl halides is 3. The number of halogens is 3. The van der Waals surface area contributed by atoms with Crippen molar-refractivity contribution in [1.82, 2.24) is 14.5 Å². The number of hydrogen-bond donors (Lipinski definition) is 1. The van der Waals surface area contributed by atoms with Crippen LogP contribution in [0.5, 0.6) is 11.6 Å². The number of sulfone groups is 1. The average molecular weight is 536 g/mol. The van der Waals surface area contributed by atoms with Gasteiger partial charge in [-0.2, -0.15) is 13.2 Å². The van der Waals surface area contributed by atoms with Gasteiger partial charge in [-0.3, -0.25) is 4.57 Å². The van der Waals surface area contributed by atoms with Crippen LogP contribution >= 0.6 is 0 Å². The zero-order chi connectivity index (χ0) is 27.0. The average Bonchev–Trinajstić information content (AvgIpc) is 3.16. The van der Waals surface area contributed by atoms with Gasteiger partial charge in [0.25, 0.3) is 5.88 Å². The van der Waals surface area contributed by atoms with Crippen LogP contribution in [-0.2, 0) is 16.0 Å². The van der Waals surface area contributed by atoms with Crippen LogP contribution in [0, 0.1) is 0 Å². The van der Waals surface area contributed by atoms with Gasteiger partial charge in [-0.1, -0.05) is 24.3 Å². The summed E-state index contributed by atoms with van der Waals surface area (Å²) in [6.45, 7) is 2.03.